The van der Waals surface area contributed by atoms with Crippen molar-refractivity contribution in [3.8, 4) is 11.3 Å². The fourth-order valence-corrected chi connectivity index (χ4v) is 5.40. The summed E-state index contributed by atoms with van der Waals surface area (Å²) in [5, 5.41) is 8.20. The normalized spacial score (nSPS) is 20.1. The Balaban J connectivity index is 1.16. The van der Waals surface area contributed by atoms with E-state index in [1.807, 2.05) is 51.2 Å². The van der Waals surface area contributed by atoms with Gasteiger partial charge < -0.3 is 30.2 Å². The number of para-hydroxylation sites is 1. The zero-order valence-electron chi connectivity index (χ0n) is 22.7. The molecule has 208 valence electrons. The number of anilines is 1. The number of piperazine rings is 1. The quantitative estimate of drug-likeness (QED) is 0.406. The van der Waals surface area contributed by atoms with Gasteiger partial charge in [-0.05, 0) is 52.5 Å². The average Bonchev–Trinajstić information content (AvgIpc) is 3.33. The van der Waals surface area contributed by atoms with E-state index in [2.05, 4.69) is 20.6 Å². The minimum Gasteiger partial charge on any atom is -0.444 e. The Morgan fingerprint density at radius 1 is 1.08 bits per heavy atom. The molecular formula is C28H36ClN7O3. The van der Waals surface area contributed by atoms with Gasteiger partial charge in [0.2, 0.25) is 5.95 Å². The Labute approximate surface area is 233 Å². The van der Waals surface area contributed by atoms with Crippen molar-refractivity contribution in [1.82, 2.24) is 30.1 Å². The Hall–Kier alpha value is -3.53. The number of hydrogen-bond donors (Lipinski definition) is 3. The summed E-state index contributed by atoms with van der Waals surface area (Å²) in [6.45, 7) is 7.44. The number of nitrogens with zero attached hydrogens (tertiary/aromatic N) is 4. The third-order valence-electron chi connectivity index (χ3n) is 7.14. The van der Waals surface area contributed by atoms with Gasteiger partial charge in [-0.3, -0.25) is 0 Å². The van der Waals surface area contributed by atoms with E-state index in [-0.39, 0.29) is 24.2 Å². The number of amides is 3. The van der Waals surface area contributed by atoms with Crippen LogP contribution in [0.2, 0.25) is 5.02 Å². The van der Waals surface area contributed by atoms with Gasteiger partial charge in [0, 0.05) is 60.9 Å². The van der Waals surface area contributed by atoms with Gasteiger partial charge in [0.05, 0.1) is 16.9 Å². The molecule has 0 spiro atoms. The van der Waals surface area contributed by atoms with Crippen LogP contribution in [-0.4, -0.2) is 80.7 Å². The van der Waals surface area contributed by atoms with E-state index in [1.165, 1.54) is 0 Å². The molecule has 2 aromatic heterocycles. The topological polar surface area (TPSA) is 115 Å². The van der Waals surface area contributed by atoms with E-state index in [9.17, 15) is 9.59 Å². The van der Waals surface area contributed by atoms with Crippen molar-refractivity contribution in [3.63, 3.8) is 0 Å². The highest BCUT2D eigenvalue weighted by atomic mass is 35.5. The van der Waals surface area contributed by atoms with E-state index in [0.29, 0.717) is 42.8 Å². The molecule has 1 aliphatic carbocycles. The Morgan fingerprint density at radius 2 is 1.79 bits per heavy atom. The highest BCUT2D eigenvalue weighted by Crippen LogP contribution is 2.32. The summed E-state index contributed by atoms with van der Waals surface area (Å²) in [5.74, 6) is 0.523. The van der Waals surface area contributed by atoms with Gasteiger partial charge in [0.25, 0.3) is 0 Å². The van der Waals surface area contributed by atoms with Crippen molar-refractivity contribution < 1.29 is 14.3 Å². The summed E-state index contributed by atoms with van der Waals surface area (Å²) in [4.78, 5) is 41.2. The summed E-state index contributed by atoms with van der Waals surface area (Å²) < 4.78 is 5.45. The molecule has 0 bridgehead atoms. The van der Waals surface area contributed by atoms with Crippen molar-refractivity contribution >= 4 is 40.6 Å². The number of aromatic amines is 1. The minimum absolute atomic E-state index is 0.0491. The molecule has 11 heteroatoms. The van der Waals surface area contributed by atoms with Gasteiger partial charge in [-0.15, -0.1) is 0 Å². The lowest BCUT2D eigenvalue weighted by molar-refractivity contribution is 0.0168. The highest BCUT2D eigenvalue weighted by Gasteiger charge is 2.30. The monoisotopic (exact) mass is 553 g/mol. The molecule has 39 heavy (non-hydrogen) atoms. The smallest absolute Gasteiger partial charge is 0.410 e. The predicted molar refractivity (Wildman–Crippen MR) is 152 cm³/mol. The Morgan fingerprint density at radius 3 is 2.56 bits per heavy atom. The lowest BCUT2D eigenvalue weighted by atomic mass is 9.91. The van der Waals surface area contributed by atoms with Gasteiger partial charge in [-0.1, -0.05) is 29.8 Å². The third kappa shape index (κ3) is 6.55. The lowest BCUT2D eigenvalue weighted by Gasteiger charge is -2.37. The maximum absolute atomic E-state index is 13.0. The van der Waals surface area contributed by atoms with Gasteiger partial charge in [-0.2, -0.15) is 0 Å². The highest BCUT2D eigenvalue weighted by molar-refractivity contribution is 6.33. The van der Waals surface area contributed by atoms with Crippen molar-refractivity contribution in [2.75, 3.05) is 31.5 Å². The molecule has 3 amide bonds. The first-order valence-corrected chi connectivity index (χ1v) is 13.9. The van der Waals surface area contributed by atoms with E-state index >= 15 is 0 Å². The number of carbonyl (C=O) groups is 2. The molecule has 1 saturated carbocycles. The molecule has 0 radical (unpaired) electrons. The second-order valence-electron chi connectivity index (χ2n) is 11.2. The summed E-state index contributed by atoms with van der Waals surface area (Å²) in [6, 6.07) is 8.13. The van der Waals surface area contributed by atoms with E-state index < -0.39 is 5.60 Å². The molecule has 0 unspecified atom stereocenters. The first-order valence-electron chi connectivity index (χ1n) is 13.6. The van der Waals surface area contributed by atoms with Crippen LogP contribution in [0.5, 0.6) is 0 Å². The number of halogens is 1. The van der Waals surface area contributed by atoms with Crippen LogP contribution in [0.3, 0.4) is 0 Å². The van der Waals surface area contributed by atoms with Gasteiger partial charge in [0.15, 0.2) is 0 Å². The molecule has 5 rings (SSSR count). The van der Waals surface area contributed by atoms with Crippen LogP contribution in [0.15, 0.2) is 36.7 Å². The van der Waals surface area contributed by atoms with Crippen molar-refractivity contribution in [1.29, 1.82) is 0 Å². The SMILES string of the molecule is CC(C)(C)OC(=O)N1CCN(C(=O)N[C@H]2CCC[C@@H](Nc3ncc(Cl)c(-c4c[nH]c5ccccc45)n3)C2)CC1. The minimum atomic E-state index is -0.536. The van der Waals surface area contributed by atoms with E-state index in [1.54, 1.807) is 16.0 Å². The average molecular weight is 554 g/mol. The summed E-state index contributed by atoms with van der Waals surface area (Å²) in [7, 11) is 0. The summed E-state index contributed by atoms with van der Waals surface area (Å²) >= 11 is 6.49. The van der Waals surface area contributed by atoms with Gasteiger partial charge in [-0.25, -0.2) is 19.6 Å². The number of benzene rings is 1. The number of urea groups is 1. The predicted octanol–water partition coefficient (Wildman–Crippen LogP) is 5.26. The van der Waals surface area contributed by atoms with Crippen LogP contribution in [0.25, 0.3) is 22.2 Å². The van der Waals surface area contributed by atoms with Crippen molar-refractivity contribution in [2.24, 2.45) is 0 Å². The standard InChI is InChI=1S/C28H36ClN7O3/c1-28(2,3)39-27(38)36-13-11-35(12-14-36)26(37)33-19-8-6-7-18(15-19)32-25-31-17-22(29)24(34-25)21-16-30-23-10-5-4-9-20(21)23/h4-5,9-10,16-19,30H,6-8,11-15H2,1-3H3,(H,33,37)(H,31,32,34)/t18-,19+/m1/s1. The number of nitrogens with one attached hydrogen (secondary N) is 3. The molecule has 10 nitrogen and oxygen atoms in total. The Kier molecular flexibility index (Phi) is 7.83. The molecule has 1 saturated heterocycles. The van der Waals surface area contributed by atoms with E-state index in [0.717, 1.165) is 42.1 Å². The first kappa shape index (κ1) is 27.1. The molecule has 2 aliphatic rings. The van der Waals surface area contributed by atoms with Gasteiger partial charge in [0.1, 0.15) is 5.60 Å². The summed E-state index contributed by atoms with van der Waals surface area (Å²) in [5.41, 5.74) is 2.10. The molecule has 1 aromatic carbocycles. The molecule has 3 N–H and O–H groups in total. The fourth-order valence-electron chi connectivity index (χ4n) is 5.21. The van der Waals surface area contributed by atoms with Gasteiger partial charge >= 0.3 is 12.1 Å². The largest absolute Gasteiger partial charge is 0.444 e. The first-order chi connectivity index (χ1) is 18.7. The lowest BCUT2D eigenvalue weighted by Crippen LogP contribution is -2.55. The molecule has 2 fully saturated rings. The van der Waals surface area contributed by atoms with Crippen LogP contribution in [0.4, 0.5) is 15.5 Å². The third-order valence-corrected chi connectivity index (χ3v) is 7.42. The molecule has 3 aromatic rings. The second kappa shape index (κ2) is 11.3. The second-order valence-corrected chi connectivity index (χ2v) is 11.7. The number of ether oxygens (including phenoxy) is 1. The van der Waals surface area contributed by atoms with Crippen LogP contribution < -0.4 is 10.6 Å². The zero-order valence-corrected chi connectivity index (χ0v) is 23.4. The molecule has 3 heterocycles. The van der Waals surface area contributed by atoms with Crippen molar-refractivity contribution in [2.45, 2.75) is 64.1 Å². The number of aromatic nitrogens is 3. The van der Waals surface area contributed by atoms with Crippen molar-refractivity contribution in [3.05, 3.63) is 41.7 Å². The summed E-state index contributed by atoms with van der Waals surface area (Å²) in [6.07, 6.45) is 6.87. The number of carbonyl (C=O) groups excluding carboxylic acids is 2. The zero-order chi connectivity index (χ0) is 27.6. The number of H-pyrrole nitrogens is 1. The molecular weight excluding hydrogens is 518 g/mol. The van der Waals surface area contributed by atoms with Crippen LogP contribution >= 0.6 is 11.6 Å². The fraction of sp³-hybridized carbons (Fsp3) is 0.500. The molecule has 1 aliphatic heterocycles. The Bertz CT molecular complexity index is 1330. The maximum atomic E-state index is 13.0. The number of rotatable bonds is 4. The van der Waals surface area contributed by atoms with Crippen LogP contribution in [0, 0.1) is 0 Å². The molecule has 2 atom stereocenters. The number of fused-ring (bicyclic) bond motifs is 1. The number of hydrogen-bond acceptors (Lipinski definition) is 6. The van der Waals surface area contributed by atoms with E-state index in [4.69, 9.17) is 21.3 Å². The van der Waals surface area contributed by atoms with Crippen LogP contribution in [-0.2, 0) is 4.74 Å². The van der Waals surface area contributed by atoms with Crippen LogP contribution in [0.1, 0.15) is 46.5 Å². The maximum Gasteiger partial charge on any atom is 0.410 e.